The third-order valence-electron chi connectivity index (χ3n) is 2.19. The number of amides is 1. The molecule has 0 unspecified atom stereocenters. The number of nitrogens with two attached hydrogens (primary N) is 1. The molecule has 0 radical (unpaired) electrons. The van der Waals surface area contributed by atoms with Gasteiger partial charge in [-0.2, -0.15) is 0 Å². The van der Waals surface area contributed by atoms with Gasteiger partial charge in [-0.1, -0.05) is 11.6 Å². The molecule has 0 saturated carbocycles. The Hall–Kier alpha value is -1.30. The molecule has 0 heterocycles. The third kappa shape index (κ3) is 3.89. The summed E-state index contributed by atoms with van der Waals surface area (Å²) in [5.74, 6) is -0.317. The lowest BCUT2D eigenvalue weighted by atomic mass is 10.1. The average molecular weight is 259 g/mol. The van der Waals surface area contributed by atoms with Crippen LogP contribution in [0.3, 0.4) is 0 Å². The molecule has 0 aliphatic heterocycles. The summed E-state index contributed by atoms with van der Waals surface area (Å²) in [6.45, 7) is -0.0127. The summed E-state index contributed by atoms with van der Waals surface area (Å²) in [6, 6.07) is 4.55. The Balaban J connectivity index is 2.92. The molecule has 0 atom stereocenters. The van der Waals surface area contributed by atoms with Crippen molar-refractivity contribution < 1.29 is 15.0 Å². The van der Waals surface area contributed by atoms with Crippen molar-refractivity contribution in [1.82, 2.24) is 4.90 Å². The van der Waals surface area contributed by atoms with E-state index in [1.54, 1.807) is 6.07 Å². The van der Waals surface area contributed by atoms with Crippen molar-refractivity contribution in [3.63, 3.8) is 0 Å². The zero-order valence-corrected chi connectivity index (χ0v) is 10.0. The van der Waals surface area contributed by atoms with Gasteiger partial charge in [0.05, 0.1) is 13.2 Å². The second kappa shape index (κ2) is 6.44. The van der Waals surface area contributed by atoms with Crippen molar-refractivity contribution in [3.05, 3.63) is 28.8 Å². The summed E-state index contributed by atoms with van der Waals surface area (Å²) < 4.78 is 0. The summed E-state index contributed by atoms with van der Waals surface area (Å²) in [4.78, 5) is 13.4. The number of aliphatic hydroxyl groups is 2. The lowest BCUT2D eigenvalue weighted by Crippen LogP contribution is -2.35. The van der Waals surface area contributed by atoms with Gasteiger partial charge in [-0.05, 0) is 18.2 Å². The number of halogens is 1. The smallest absolute Gasteiger partial charge is 0.254 e. The van der Waals surface area contributed by atoms with Crippen LogP contribution in [-0.2, 0) is 0 Å². The van der Waals surface area contributed by atoms with Crippen LogP contribution in [-0.4, -0.2) is 47.3 Å². The van der Waals surface area contributed by atoms with Crippen molar-refractivity contribution in [2.24, 2.45) is 0 Å². The molecule has 6 heteroatoms. The minimum absolute atomic E-state index is 0.159. The Labute approximate surface area is 104 Å². The van der Waals surface area contributed by atoms with Crippen LogP contribution in [0.15, 0.2) is 18.2 Å². The molecule has 1 aromatic rings. The van der Waals surface area contributed by atoms with Gasteiger partial charge in [0, 0.05) is 29.4 Å². The van der Waals surface area contributed by atoms with E-state index >= 15 is 0 Å². The van der Waals surface area contributed by atoms with Crippen LogP contribution in [0.2, 0.25) is 5.02 Å². The largest absolute Gasteiger partial charge is 0.399 e. The van der Waals surface area contributed by atoms with E-state index in [1.165, 1.54) is 17.0 Å². The van der Waals surface area contributed by atoms with Gasteiger partial charge >= 0.3 is 0 Å². The fourth-order valence-corrected chi connectivity index (χ4v) is 1.72. The van der Waals surface area contributed by atoms with Gasteiger partial charge in [0.1, 0.15) is 0 Å². The van der Waals surface area contributed by atoms with Crippen LogP contribution in [0, 0.1) is 0 Å². The van der Waals surface area contributed by atoms with Gasteiger partial charge in [0.2, 0.25) is 0 Å². The molecule has 1 aromatic carbocycles. The molecule has 0 spiro atoms. The fraction of sp³-hybridized carbons (Fsp3) is 0.364. The van der Waals surface area contributed by atoms with E-state index < -0.39 is 0 Å². The number of carbonyl (C=O) groups excluding carboxylic acids is 1. The van der Waals surface area contributed by atoms with E-state index in [0.717, 1.165) is 0 Å². The van der Waals surface area contributed by atoms with Crippen LogP contribution in [0.1, 0.15) is 10.4 Å². The highest BCUT2D eigenvalue weighted by atomic mass is 35.5. The first-order valence-corrected chi connectivity index (χ1v) is 5.53. The maximum Gasteiger partial charge on any atom is 0.254 e. The zero-order chi connectivity index (χ0) is 12.8. The van der Waals surface area contributed by atoms with Crippen LogP contribution in [0.4, 0.5) is 5.69 Å². The summed E-state index contributed by atoms with van der Waals surface area (Å²) in [5, 5.41) is 18.1. The third-order valence-corrected chi connectivity index (χ3v) is 2.41. The number of nitrogen functional groups attached to an aromatic ring is 1. The first-order valence-electron chi connectivity index (χ1n) is 5.15. The predicted octanol–water partition coefficient (Wildman–Crippen LogP) is 0.349. The van der Waals surface area contributed by atoms with E-state index in [2.05, 4.69) is 0 Å². The Morgan fingerprint density at radius 2 is 1.82 bits per heavy atom. The predicted molar refractivity (Wildman–Crippen MR) is 65.9 cm³/mol. The molecule has 0 saturated heterocycles. The molecule has 1 amide bonds. The van der Waals surface area contributed by atoms with Crippen LogP contribution in [0.25, 0.3) is 0 Å². The number of rotatable bonds is 5. The van der Waals surface area contributed by atoms with E-state index in [9.17, 15) is 4.79 Å². The Morgan fingerprint density at radius 1 is 1.24 bits per heavy atom. The van der Waals surface area contributed by atoms with Crippen LogP contribution in [0.5, 0.6) is 0 Å². The molecule has 0 fully saturated rings. The van der Waals surface area contributed by atoms with E-state index in [0.29, 0.717) is 16.3 Å². The number of benzene rings is 1. The molecule has 0 aliphatic carbocycles. The Bertz CT molecular complexity index is 372. The molecular formula is C11H15ClN2O3. The quantitative estimate of drug-likeness (QED) is 0.665. The van der Waals surface area contributed by atoms with Crippen molar-refractivity contribution in [3.8, 4) is 0 Å². The second-order valence-electron chi connectivity index (χ2n) is 3.51. The number of anilines is 1. The van der Waals surface area contributed by atoms with Crippen molar-refractivity contribution in [1.29, 1.82) is 0 Å². The van der Waals surface area contributed by atoms with E-state index in [1.807, 2.05) is 0 Å². The molecule has 5 nitrogen and oxygen atoms in total. The van der Waals surface area contributed by atoms with E-state index in [4.69, 9.17) is 27.5 Å². The molecule has 1 rings (SSSR count). The van der Waals surface area contributed by atoms with Crippen molar-refractivity contribution in [2.45, 2.75) is 0 Å². The number of carbonyl (C=O) groups is 1. The minimum Gasteiger partial charge on any atom is -0.399 e. The molecular weight excluding hydrogens is 244 g/mol. The Kier molecular flexibility index (Phi) is 5.21. The second-order valence-corrected chi connectivity index (χ2v) is 3.95. The average Bonchev–Trinajstić information content (AvgIpc) is 2.26. The van der Waals surface area contributed by atoms with Gasteiger partial charge in [0.25, 0.3) is 5.91 Å². The number of hydrogen-bond donors (Lipinski definition) is 3. The zero-order valence-electron chi connectivity index (χ0n) is 9.27. The van der Waals surface area contributed by atoms with Crippen molar-refractivity contribution >= 4 is 23.2 Å². The number of aliphatic hydroxyl groups excluding tert-OH is 2. The number of nitrogens with zero attached hydrogens (tertiary/aromatic N) is 1. The summed E-state index contributed by atoms with van der Waals surface area (Å²) in [7, 11) is 0. The van der Waals surface area contributed by atoms with Crippen molar-refractivity contribution in [2.75, 3.05) is 32.0 Å². The molecule has 0 aromatic heterocycles. The van der Waals surface area contributed by atoms with Gasteiger partial charge in [-0.3, -0.25) is 4.79 Å². The molecule has 0 aliphatic rings. The molecule has 4 N–H and O–H groups in total. The summed E-state index contributed by atoms with van der Waals surface area (Å²) in [6.07, 6.45) is 0. The minimum atomic E-state index is -0.317. The Morgan fingerprint density at radius 3 is 2.29 bits per heavy atom. The first kappa shape index (κ1) is 13.8. The van der Waals surface area contributed by atoms with Crippen LogP contribution < -0.4 is 5.73 Å². The first-order chi connectivity index (χ1) is 8.08. The van der Waals surface area contributed by atoms with Gasteiger partial charge < -0.3 is 20.8 Å². The van der Waals surface area contributed by atoms with E-state index in [-0.39, 0.29) is 32.2 Å². The topological polar surface area (TPSA) is 86.8 Å². The van der Waals surface area contributed by atoms with Gasteiger partial charge in [-0.25, -0.2) is 0 Å². The summed E-state index contributed by atoms with van der Waals surface area (Å²) >= 11 is 5.80. The highest BCUT2D eigenvalue weighted by Crippen LogP contribution is 2.17. The lowest BCUT2D eigenvalue weighted by molar-refractivity contribution is 0.0685. The maximum atomic E-state index is 12.0. The monoisotopic (exact) mass is 258 g/mol. The molecule has 0 bridgehead atoms. The highest BCUT2D eigenvalue weighted by Gasteiger charge is 2.15. The lowest BCUT2D eigenvalue weighted by Gasteiger charge is -2.20. The summed E-state index contributed by atoms with van der Waals surface area (Å²) in [5.41, 5.74) is 6.33. The van der Waals surface area contributed by atoms with Gasteiger partial charge in [0.15, 0.2) is 0 Å². The SMILES string of the molecule is Nc1cc(Cl)cc(C(=O)N(CCO)CCO)c1. The standard InChI is InChI=1S/C11H15ClN2O3/c12-9-5-8(6-10(13)7-9)11(17)14(1-3-15)2-4-16/h5-7,15-16H,1-4,13H2. The fourth-order valence-electron chi connectivity index (χ4n) is 1.47. The van der Waals surface area contributed by atoms with Gasteiger partial charge in [-0.15, -0.1) is 0 Å². The number of hydrogen-bond acceptors (Lipinski definition) is 4. The van der Waals surface area contributed by atoms with Crippen LogP contribution >= 0.6 is 11.6 Å². The molecule has 94 valence electrons. The highest BCUT2D eigenvalue weighted by molar-refractivity contribution is 6.31. The maximum absolute atomic E-state index is 12.0. The molecule has 17 heavy (non-hydrogen) atoms. The normalized spacial score (nSPS) is 10.3.